The Morgan fingerprint density at radius 1 is 1.32 bits per heavy atom. The molecule has 0 aliphatic heterocycles. The Hall–Kier alpha value is -1.24. The second-order valence-electron chi connectivity index (χ2n) is 5.10. The van der Waals surface area contributed by atoms with E-state index in [1.54, 1.807) is 12.1 Å². The van der Waals surface area contributed by atoms with Crippen molar-refractivity contribution in [3.63, 3.8) is 0 Å². The van der Waals surface area contributed by atoms with Crippen LogP contribution in [0.1, 0.15) is 43.0 Å². The average molecular weight is 351 g/mol. The highest BCUT2D eigenvalue weighted by molar-refractivity contribution is 5.95. The van der Waals surface area contributed by atoms with E-state index in [4.69, 9.17) is 16.2 Å². The third kappa shape index (κ3) is 5.51. The molecule has 0 unspecified atom stereocenters. The molecular formula is C14H24Cl2N4O2. The molecule has 0 bridgehead atoms. The molecule has 22 heavy (non-hydrogen) atoms. The molecule has 1 amide bonds. The summed E-state index contributed by atoms with van der Waals surface area (Å²) in [6, 6.07) is 4.10. The molecule has 0 saturated heterocycles. The third-order valence-electron chi connectivity index (χ3n) is 3.53. The van der Waals surface area contributed by atoms with Crippen molar-refractivity contribution in [1.29, 1.82) is 0 Å². The fraction of sp³-hybridized carbons (Fsp3) is 0.571. The van der Waals surface area contributed by atoms with Gasteiger partial charge in [-0.3, -0.25) is 4.79 Å². The molecule has 6 nitrogen and oxygen atoms in total. The predicted molar refractivity (Wildman–Crippen MR) is 92.3 cm³/mol. The van der Waals surface area contributed by atoms with Crippen molar-refractivity contribution >= 4 is 36.5 Å². The van der Waals surface area contributed by atoms with Crippen LogP contribution in [0, 0.1) is 0 Å². The summed E-state index contributed by atoms with van der Waals surface area (Å²) in [7, 11) is 0. The van der Waals surface area contributed by atoms with E-state index >= 15 is 0 Å². The Bertz CT molecular complexity index is 480. The molecular weight excluding hydrogens is 327 g/mol. The quantitative estimate of drug-likeness (QED) is 0.754. The van der Waals surface area contributed by atoms with Crippen molar-refractivity contribution in [2.24, 2.45) is 11.5 Å². The van der Waals surface area contributed by atoms with E-state index in [0.29, 0.717) is 30.1 Å². The van der Waals surface area contributed by atoms with Gasteiger partial charge in [0.25, 0.3) is 5.91 Å². The highest BCUT2D eigenvalue weighted by Crippen LogP contribution is 2.23. The fourth-order valence-corrected chi connectivity index (χ4v) is 2.43. The van der Waals surface area contributed by atoms with Crippen LogP contribution in [0.25, 0.3) is 0 Å². The number of aromatic nitrogens is 1. The van der Waals surface area contributed by atoms with Crippen molar-refractivity contribution in [2.45, 2.75) is 44.7 Å². The molecule has 0 atom stereocenters. The number of nitrogens with zero attached hydrogens (tertiary/aromatic N) is 1. The Morgan fingerprint density at radius 3 is 2.50 bits per heavy atom. The maximum absolute atomic E-state index is 11.3. The van der Waals surface area contributed by atoms with Gasteiger partial charge in [-0.2, -0.15) is 4.98 Å². The molecule has 1 saturated carbocycles. The monoisotopic (exact) mass is 350 g/mol. The van der Waals surface area contributed by atoms with Gasteiger partial charge in [0.05, 0.1) is 6.61 Å². The Labute approximate surface area is 143 Å². The molecule has 2 rings (SSSR count). The lowest BCUT2D eigenvalue weighted by molar-refractivity contribution is 0.0996. The topological polar surface area (TPSA) is 103 Å². The zero-order valence-electron chi connectivity index (χ0n) is 12.6. The standard InChI is InChI=1S/C14H22N4O2.2ClH/c1-2-20-14-11(13(16)19)7-8-12(18-14)17-10-5-3-9(15)4-6-10;;/h7-10H,2-6,15H2,1H3,(H2,16,19)(H,17,18);2*1H. The molecule has 1 aromatic heterocycles. The van der Waals surface area contributed by atoms with Gasteiger partial charge in [0, 0.05) is 12.1 Å². The zero-order valence-corrected chi connectivity index (χ0v) is 14.2. The maximum Gasteiger partial charge on any atom is 0.254 e. The van der Waals surface area contributed by atoms with Crippen LogP contribution in [-0.4, -0.2) is 29.6 Å². The number of halogens is 2. The Morgan fingerprint density at radius 2 is 1.95 bits per heavy atom. The number of carbonyl (C=O) groups is 1. The highest BCUT2D eigenvalue weighted by Gasteiger charge is 2.19. The number of carbonyl (C=O) groups excluding carboxylic acids is 1. The fourth-order valence-electron chi connectivity index (χ4n) is 2.43. The predicted octanol–water partition coefficient (Wildman–Crippen LogP) is 2.10. The minimum atomic E-state index is -0.531. The van der Waals surface area contributed by atoms with Crippen LogP contribution in [0.2, 0.25) is 0 Å². The van der Waals surface area contributed by atoms with Crippen molar-refractivity contribution in [1.82, 2.24) is 4.98 Å². The highest BCUT2D eigenvalue weighted by atomic mass is 35.5. The first-order valence-electron chi connectivity index (χ1n) is 7.06. The molecule has 1 aromatic rings. The number of primary amides is 1. The van der Waals surface area contributed by atoms with Gasteiger partial charge in [0.15, 0.2) is 0 Å². The molecule has 0 aromatic carbocycles. The number of amides is 1. The lowest BCUT2D eigenvalue weighted by atomic mass is 9.92. The van der Waals surface area contributed by atoms with Gasteiger partial charge in [-0.15, -0.1) is 24.8 Å². The number of ether oxygens (including phenoxy) is 1. The van der Waals surface area contributed by atoms with Crippen LogP contribution < -0.4 is 21.5 Å². The molecule has 126 valence electrons. The normalized spacial score (nSPS) is 20.3. The first kappa shape index (κ1) is 20.8. The van der Waals surface area contributed by atoms with Gasteiger partial charge in [-0.25, -0.2) is 0 Å². The summed E-state index contributed by atoms with van der Waals surface area (Å²) >= 11 is 0. The summed E-state index contributed by atoms with van der Waals surface area (Å²) in [6.07, 6.45) is 4.11. The van der Waals surface area contributed by atoms with Crippen LogP contribution in [-0.2, 0) is 0 Å². The van der Waals surface area contributed by atoms with E-state index < -0.39 is 5.91 Å². The molecule has 1 aliphatic carbocycles. The Balaban J connectivity index is 0.00000220. The van der Waals surface area contributed by atoms with E-state index in [1.807, 2.05) is 6.92 Å². The van der Waals surface area contributed by atoms with Crippen LogP contribution in [0.4, 0.5) is 5.82 Å². The summed E-state index contributed by atoms with van der Waals surface area (Å²) in [4.78, 5) is 15.6. The first-order chi connectivity index (χ1) is 9.60. The van der Waals surface area contributed by atoms with Crippen molar-refractivity contribution in [3.8, 4) is 5.88 Å². The number of anilines is 1. The average Bonchev–Trinajstić information content (AvgIpc) is 2.42. The smallest absolute Gasteiger partial charge is 0.254 e. The van der Waals surface area contributed by atoms with Crippen molar-refractivity contribution in [3.05, 3.63) is 17.7 Å². The minimum Gasteiger partial charge on any atom is -0.477 e. The van der Waals surface area contributed by atoms with Crippen LogP contribution >= 0.6 is 24.8 Å². The number of rotatable bonds is 5. The Kier molecular flexibility index (Phi) is 9.16. The van der Waals surface area contributed by atoms with Crippen LogP contribution in [0.3, 0.4) is 0 Å². The van der Waals surface area contributed by atoms with Crippen molar-refractivity contribution in [2.75, 3.05) is 11.9 Å². The van der Waals surface area contributed by atoms with E-state index in [0.717, 1.165) is 25.7 Å². The summed E-state index contributed by atoms with van der Waals surface area (Å²) in [5, 5.41) is 3.37. The SMILES string of the molecule is CCOc1nc(NC2CCC(N)CC2)ccc1C(N)=O.Cl.Cl. The van der Waals surface area contributed by atoms with Crippen LogP contribution in [0.5, 0.6) is 5.88 Å². The number of pyridine rings is 1. The number of hydrogen-bond donors (Lipinski definition) is 3. The van der Waals surface area contributed by atoms with Gasteiger partial charge >= 0.3 is 0 Å². The number of nitrogens with one attached hydrogen (secondary N) is 1. The molecule has 1 heterocycles. The first-order valence-corrected chi connectivity index (χ1v) is 7.06. The largest absolute Gasteiger partial charge is 0.477 e. The van der Waals surface area contributed by atoms with Crippen molar-refractivity contribution < 1.29 is 9.53 Å². The summed E-state index contributed by atoms with van der Waals surface area (Å²) < 4.78 is 5.37. The lowest BCUT2D eigenvalue weighted by Crippen LogP contribution is -2.33. The lowest BCUT2D eigenvalue weighted by Gasteiger charge is -2.27. The maximum atomic E-state index is 11.3. The number of nitrogens with two attached hydrogens (primary N) is 2. The molecule has 1 aliphatic rings. The minimum absolute atomic E-state index is 0. The van der Waals surface area contributed by atoms with Gasteiger partial charge in [0.1, 0.15) is 11.4 Å². The molecule has 8 heteroatoms. The summed E-state index contributed by atoms with van der Waals surface area (Å²) in [5.74, 6) is 0.465. The van der Waals surface area contributed by atoms with Gasteiger partial charge < -0.3 is 21.5 Å². The second kappa shape index (κ2) is 9.71. The summed E-state index contributed by atoms with van der Waals surface area (Å²) in [6.45, 7) is 2.28. The van der Waals surface area contributed by atoms with Gasteiger partial charge in [-0.1, -0.05) is 0 Å². The van der Waals surface area contributed by atoms with E-state index in [-0.39, 0.29) is 30.7 Å². The van der Waals surface area contributed by atoms with Gasteiger partial charge in [-0.05, 0) is 44.7 Å². The van der Waals surface area contributed by atoms with E-state index in [2.05, 4.69) is 10.3 Å². The van der Waals surface area contributed by atoms with Gasteiger partial charge in [0.2, 0.25) is 5.88 Å². The zero-order chi connectivity index (χ0) is 14.5. The molecule has 0 radical (unpaired) electrons. The van der Waals surface area contributed by atoms with E-state index in [1.165, 1.54) is 0 Å². The van der Waals surface area contributed by atoms with E-state index in [9.17, 15) is 4.79 Å². The van der Waals surface area contributed by atoms with Crippen LogP contribution in [0.15, 0.2) is 12.1 Å². The third-order valence-corrected chi connectivity index (χ3v) is 3.53. The second-order valence-corrected chi connectivity index (χ2v) is 5.10. The molecule has 1 fully saturated rings. The molecule has 0 spiro atoms. The molecule has 5 N–H and O–H groups in total. The number of hydrogen-bond acceptors (Lipinski definition) is 5. The summed E-state index contributed by atoms with van der Waals surface area (Å²) in [5.41, 5.74) is 11.5.